The Kier molecular flexibility index (Phi) is 3.56. The van der Waals surface area contributed by atoms with E-state index in [9.17, 15) is 19.2 Å². The van der Waals surface area contributed by atoms with Crippen LogP contribution in [0.2, 0.25) is 0 Å². The molecule has 0 saturated carbocycles. The third-order valence-corrected chi connectivity index (χ3v) is 5.19. The summed E-state index contributed by atoms with van der Waals surface area (Å²) in [5.41, 5.74) is 0.296. The fourth-order valence-corrected chi connectivity index (χ4v) is 3.71. The molecule has 1 atom stereocenters. The van der Waals surface area contributed by atoms with Crippen molar-refractivity contribution in [3.05, 3.63) is 71.5 Å². The summed E-state index contributed by atoms with van der Waals surface area (Å²) in [7, 11) is 0. The van der Waals surface area contributed by atoms with Crippen LogP contribution in [-0.4, -0.2) is 39.6 Å². The van der Waals surface area contributed by atoms with Gasteiger partial charge in [0.05, 0.1) is 30.7 Å². The predicted molar refractivity (Wildman–Crippen MR) is 112 cm³/mol. The molecule has 9 nitrogen and oxygen atoms in total. The maximum Gasteiger partial charge on any atom is 0.264 e. The molecule has 160 valence electrons. The molecule has 32 heavy (non-hydrogen) atoms. The first-order valence-electron chi connectivity index (χ1n) is 12.2. The van der Waals surface area contributed by atoms with Crippen molar-refractivity contribution in [2.75, 3.05) is 5.32 Å². The molecule has 2 aliphatic rings. The van der Waals surface area contributed by atoms with Crippen molar-refractivity contribution in [3.63, 3.8) is 0 Å². The summed E-state index contributed by atoms with van der Waals surface area (Å²) in [5.74, 6) is -2.41. The van der Waals surface area contributed by atoms with Crippen molar-refractivity contribution in [1.29, 1.82) is 0 Å². The van der Waals surface area contributed by atoms with E-state index in [4.69, 9.17) is 11.3 Å². The molecule has 1 aromatic heterocycles. The summed E-state index contributed by atoms with van der Waals surface area (Å²) < 4.78 is 45.1. The minimum atomic E-state index is -1.09. The molecule has 1 saturated heterocycles. The third kappa shape index (κ3) is 3.33. The van der Waals surface area contributed by atoms with E-state index in [2.05, 4.69) is 15.6 Å². The lowest BCUT2D eigenvalue weighted by Crippen LogP contribution is -2.54. The second-order valence-corrected chi connectivity index (χ2v) is 7.16. The zero-order valence-corrected chi connectivity index (χ0v) is 16.4. The molecule has 5 rings (SSSR count). The zero-order valence-electron chi connectivity index (χ0n) is 21.4. The minimum Gasteiger partial charge on any atom is -0.439 e. The first kappa shape index (κ1) is 14.7. The van der Waals surface area contributed by atoms with E-state index < -0.39 is 59.9 Å². The van der Waals surface area contributed by atoms with Gasteiger partial charge in [0, 0.05) is 17.7 Å². The van der Waals surface area contributed by atoms with Gasteiger partial charge in [-0.2, -0.15) is 0 Å². The van der Waals surface area contributed by atoms with Crippen LogP contribution in [0.1, 0.15) is 46.2 Å². The molecule has 2 aliphatic heterocycles. The Balaban J connectivity index is 1.39. The number of aromatic nitrogens is 1. The molecule has 0 aliphatic carbocycles. The van der Waals surface area contributed by atoms with E-state index in [1.807, 2.05) is 0 Å². The summed E-state index contributed by atoms with van der Waals surface area (Å²) in [6.07, 6.45) is 1.36. The number of carbonyl (C=O) groups is 4. The van der Waals surface area contributed by atoms with E-state index >= 15 is 0 Å². The fraction of sp³-hybridized carbons (Fsp3) is 0.174. The molecular formula is C23H18N4O5. The molecule has 0 radical (unpaired) electrons. The van der Waals surface area contributed by atoms with E-state index in [0.29, 0.717) is 5.69 Å². The Morgan fingerprint density at radius 2 is 1.97 bits per heavy atom. The van der Waals surface area contributed by atoms with Crippen LogP contribution in [0.4, 0.5) is 5.69 Å². The van der Waals surface area contributed by atoms with Crippen LogP contribution < -0.4 is 10.6 Å². The monoisotopic (exact) mass is 435 g/mol. The van der Waals surface area contributed by atoms with Gasteiger partial charge >= 0.3 is 0 Å². The number of nitrogens with one attached hydrogen (secondary N) is 2. The summed E-state index contributed by atoms with van der Waals surface area (Å²) in [6.45, 7) is -0.0119. The number of piperidine rings is 1. The number of imide groups is 2. The van der Waals surface area contributed by atoms with Crippen molar-refractivity contribution >= 4 is 29.3 Å². The largest absolute Gasteiger partial charge is 0.439 e. The van der Waals surface area contributed by atoms with Gasteiger partial charge in [-0.05, 0) is 30.6 Å². The average molecular weight is 435 g/mol. The number of carbonyl (C=O) groups excluding carboxylic acids is 4. The Hall–Kier alpha value is -4.27. The molecule has 2 N–H and O–H groups in total. The van der Waals surface area contributed by atoms with Gasteiger partial charge in [-0.3, -0.25) is 29.4 Å². The first-order chi connectivity index (χ1) is 17.6. The van der Waals surface area contributed by atoms with Gasteiger partial charge < -0.3 is 9.73 Å². The molecule has 0 spiro atoms. The van der Waals surface area contributed by atoms with Crippen LogP contribution in [0.25, 0.3) is 11.5 Å². The van der Waals surface area contributed by atoms with Crippen LogP contribution in [-0.2, 0) is 16.1 Å². The number of fused-ring (bicyclic) bond motifs is 1. The number of hydrogen-bond donors (Lipinski definition) is 2. The van der Waals surface area contributed by atoms with Gasteiger partial charge in [0.25, 0.3) is 11.8 Å². The topological polar surface area (TPSA) is 122 Å². The predicted octanol–water partition coefficient (Wildman–Crippen LogP) is 2.35. The number of oxazole rings is 1. The number of anilines is 1. The van der Waals surface area contributed by atoms with Crippen LogP contribution >= 0.6 is 0 Å². The van der Waals surface area contributed by atoms with E-state index in [0.717, 1.165) is 4.90 Å². The highest BCUT2D eigenvalue weighted by Gasteiger charge is 2.45. The second-order valence-electron chi connectivity index (χ2n) is 7.16. The maximum absolute atomic E-state index is 13.2. The summed E-state index contributed by atoms with van der Waals surface area (Å²) >= 11 is 0. The van der Waals surface area contributed by atoms with Crippen molar-refractivity contribution in [2.45, 2.75) is 25.4 Å². The van der Waals surface area contributed by atoms with Crippen LogP contribution in [0, 0.1) is 0 Å². The highest BCUT2D eigenvalue weighted by molar-refractivity contribution is 6.25. The average Bonchev–Trinajstić information content (AvgIpc) is 3.43. The Morgan fingerprint density at radius 1 is 1.16 bits per heavy atom. The summed E-state index contributed by atoms with van der Waals surface area (Å²) in [6, 6.07) is 1.05. The molecule has 4 amide bonds. The van der Waals surface area contributed by atoms with Crippen molar-refractivity contribution < 1.29 is 30.4 Å². The second kappa shape index (κ2) is 7.77. The highest BCUT2D eigenvalue weighted by Crippen LogP contribution is 2.32. The number of rotatable bonds is 5. The van der Waals surface area contributed by atoms with Crippen molar-refractivity contribution in [1.82, 2.24) is 15.2 Å². The molecule has 3 heterocycles. The fourth-order valence-electron chi connectivity index (χ4n) is 3.71. The van der Waals surface area contributed by atoms with E-state index in [1.165, 1.54) is 12.3 Å². The molecule has 9 heteroatoms. The number of amides is 4. The number of benzene rings is 2. The SMILES string of the molecule is [2H]c1c([2H])c([2H])c(-c2ncc(CNc3cccc4c3C(=O)N(C3CCC(=O)NC3=O)C4=O)o2)c([2H])c1[2H]. The molecule has 1 unspecified atom stereocenters. The zero-order chi connectivity index (χ0) is 26.6. The molecule has 2 aromatic carbocycles. The lowest BCUT2D eigenvalue weighted by atomic mass is 10.0. The number of hydrogen-bond acceptors (Lipinski definition) is 7. The van der Waals surface area contributed by atoms with Crippen LogP contribution in [0.3, 0.4) is 0 Å². The maximum atomic E-state index is 13.2. The van der Waals surface area contributed by atoms with Gasteiger partial charge in [0.2, 0.25) is 17.7 Å². The lowest BCUT2D eigenvalue weighted by Gasteiger charge is -2.27. The van der Waals surface area contributed by atoms with Crippen LogP contribution in [0.15, 0.2) is 59.0 Å². The number of nitrogens with zero attached hydrogens (tertiary/aromatic N) is 2. The third-order valence-electron chi connectivity index (χ3n) is 5.19. The lowest BCUT2D eigenvalue weighted by molar-refractivity contribution is -0.136. The minimum absolute atomic E-state index is 0.0107. The Labute approximate surface area is 189 Å². The van der Waals surface area contributed by atoms with Crippen molar-refractivity contribution in [3.8, 4) is 11.5 Å². The molecular weight excluding hydrogens is 412 g/mol. The highest BCUT2D eigenvalue weighted by atomic mass is 16.4. The van der Waals surface area contributed by atoms with Crippen molar-refractivity contribution in [2.24, 2.45) is 0 Å². The normalized spacial score (nSPS) is 20.2. The Morgan fingerprint density at radius 3 is 2.75 bits per heavy atom. The van der Waals surface area contributed by atoms with Gasteiger partial charge in [0.1, 0.15) is 11.8 Å². The van der Waals surface area contributed by atoms with Gasteiger partial charge in [0.15, 0.2) is 0 Å². The van der Waals surface area contributed by atoms with E-state index in [-0.39, 0.29) is 47.7 Å². The summed E-state index contributed by atoms with van der Waals surface area (Å²) in [4.78, 5) is 54.8. The molecule has 1 fully saturated rings. The Bertz CT molecular complexity index is 1490. The summed E-state index contributed by atoms with van der Waals surface area (Å²) in [5, 5.41) is 5.14. The molecule has 0 bridgehead atoms. The van der Waals surface area contributed by atoms with E-state index in [1.54, 1.807) is 12.1 Å². The molecule has 3 aromatic rings. The smallest absolute Gasteiger partial charge is 0.264 e. The van der Waals surface area contributed by atoms with Gasteiger partial charge in [-0.25, -0.2) is 4.98 Å². The van der Waals surface area contributed by atoms with Gasteiger partial charge in [-0.15, -0.1) is 0 Å². The van der Waals surface area contributed by atoms with Crippen LogP contribution in [0.5, 0.6) is 0 Å². The van der Waals surface area contributed by atoms with Gasteiger partial charge in [-0.1, -0.05) is 24.2 Å². The standard InChI is InChI=1S/C23H18N4O5/c28-18-10-9-17(20(29)26-18)27-22(30)15-7-4-8-16(19(15)23(27)31)24-11-14-12-25-21(32-14)13-5-2-1-3-6-13/h1-8,12,17,24H,9-11H2,(H,26,28,29)/i1D,2D,3D,5D,6D. The first-order valence-corrected chi connectivity index (χ1v) is 9.70. The quantitative estimate of drug-likeness (QED) is 0.590.